The SMILES string of the molecule is CC(Sc1n[nH]c(-c2ccccc2F)n1)C(=O)NC(=O)Nc1ccccc1. The number of imide groups is 1. The van der Waals surface area contributed by atoms with Gasteiger partial charge in [0.05, 0.1) is 10.8 Å². The number of H-pyrrole nitrogens is 1. The number of urea groups is 1. The molecule has 0 saturated heterocycles. The lowest BCUT2D eigenvalue weighted by Crippen LogP contribution is -2.38. The van der Waals surface area contributed by atoms with Crippen molar-refractivity contribution in [2.45, 2.75) is 17.3 Å². The number of nitrogens with zero attached hydrogens (tertiary/aromatic N) is 2. The van der Waals surface area contributed by atoms with E-state index in [1.54, 1.807) is 49.4 Å². The van der Waals surface area contributed by atoms with Gasteiger partial charge in [0.2, 0.25) is 11.1 Å². The molecule has 0 fully saturated rings. The average Bonchev–Trinajstić information content (AvgIpc) is 3.11. The minimum absolute atomic E-state index is 0.269. The number of benzene rings is 2. The Morgan fingerprint density at radius 3 is 2.56 bits per heavy atom. The highest BCUT2D eigenvalue weighted by atomic mass is 32.2. The summed E-state index contributed by atoms with van der Waals surface area (Å²) in [4.78, 5) is 28.2. The largest absolute Gasteiger partial charge is 0.325 e. The predicted octanol–water partition coefficient (Wildman–Crippen LogP) is 3.44. The van der Waals surface area contributed by atoms with Gasteiger partial charge in [-0.1, -0.05) is 42.1 Å². The van der Waals surface area contributed by atoms with Crippen LogP contribution in [-0.2, 0) is 4.79 Å². The van der Waals surface area contributed by atoms with Crippen LogP contribution in [0.3, 0.4) is 0 Å². The molecule has 3 N–H and O–H groups in total. The Hall–Kier alpha value is -3.20. The van der Waals surface area contributed by atoms with Crippen LogP contribution in [-0.4, -0.2) is 32.4 Å². The van der Waals surface area contributed by atoms with E-state index >= 15 is 0 Å². The van der Waals surface area contributed by atoms with Gasteiger partial charge >= 0.3 is 6.03 Å². The van der Waals surface area contributed by atoms with Crippen molar-refractivity contribution in [3.05, 3.63) is 60.4 Å². The van der Waals surface area contributed by atoms with Gasteiger partial charge in [-0.3, -0.25) is 15.2 Å². The number of para-hydroxylation sites is 1. The Morgan fingerprint density at radius 1 is 1.11 bits per heavy atom. The first kappa shape index (κ1) is 18.6. The lowest BCUT2D eigenvalue weighted by Gasteiger charge is -2.10. The van der Waals surface area contributed by atoms with E-state index in [-0.39, 0.29) is 16.5 Å². The molecule has 1 aromatic heterocycles. The van der Waals surface area contributed by atoms with Crippen LogP contribution >= 0.6 is 11.8 Å². The number of hydrogen-bond acceptors (Lipinski definition) is 5. The monoisotopic (exact) mass is 385 g/mol. The number of nitrogens with one attached hydrogen (secondary N) is 3. The smallest absolute Gasteiger partial charge is 0.308 e. The van der Waals surface area contributed by atoms with Crippen molar-refractivity contribution in [3.63, 3.8) is 0 Å². The summed E-state index contributed by atoms with van der Waals surface area (Å²) < 4.78 is 13.8. The topological polar surface area (TPSA) is 99.8 Å². The molecule has 1 heterocycles. The van der Waals surface area contributed by atoms with E-state index in [2.05, 4.69) is 25.8 Å². The fourth-order valence-electron chi connectivity index (χ4n) is 2.18. The van der Waals surface area contributed by atoms with Gasteiger partial charge in [-0.15, -0.1) is 5.10 Å². The average molecular weight is 385 g/mol. The van der Waals surface area contributed by atoms with E-state index in [1.165, 1.54) is 6.07 Å². The summed E-state index contributed by atoms with van der Waals surface area (Å²) in [5.41, 5.74) is 0.864. The first-order valence-corrected chi connectivity index (χ1v) is 8.92. The van der Waals surface area contributed by atoms with Gasteiger partial charge in [0, 0.05) is 5.69 Å². The van der Waals surface area contributed by atoms with E-state index in [9.17, 15) is 14.0 Å². The van der Waals surface area contributed by atoms with Crippen molar-refractivity contribution >= 4 is 29.4 Å². The Bertz CT molecular complexity index is 948. The summed E-state index contributed by atoms with van der Waals surface area (Å²) in [6, 6.07) is 14.3. The highest BCUT2D eigenvalue weighted by Gasteiger charge is 2.20. The first-order chi connectivity index (χ1) is 13.0. The van der Waals surface area contributed by atoms with Crippen molar-refractivity contribution in [2.24, 2.45) is 0 Å². The normalized spacial score (nSPS) is 11.6. The van der Waals surface area contributed by atoms with E-state index in [4.69, 9.17) is 0 Å². The molecule has 27 heavy (non-hydrogen) atoms. The zero-order valence-corrected chi connectivity index (χ0v) is 15.1. The minimum Gasteiger partial charge on any atom is -0.308 e. The van der Waals surface area contributed by atoms with Gasteiger partial charge in [0.25, 0.3) is 0 Å². The highest BCUT2D eigenvalue weighted by Crippen LogP contribution is 2.24. The number of aromatic amines is 1. The Kier molecular flexibility index (Phi) is 5.82. The van der Waals surface area contributed by atoms with Crippen LogP contribution in [0.25, 0.3) is 11.4 Å². The van der Waals surface area contributed by atoms with E-state index in [0.29, 0.717) is 5.69 Å². The molecule has 7 nitrogen and oxygen atoms in total. The van der Waals surface area contributed by atoms with Crippen LogP contribution in [0.2, 0.25) is 0 Å². The number of carbonyl (C=O) groups excluding carboxylic acids is 2. The second-order valence-corrected chi connectivity index (χ2v) is 6.82. The zero-order valence-electron chi connectivity index (χ0n) is 14.3. The van der Waals surface area contributed by atoms with Crippen molar-refractivity contribution < 1.29 is 14.0 Å². The molecule has 0 aliphatic rings. The molecular weight excluding hydrogens is 369 g/mol. The fraction of sp³-hybridized carbons (Fsp3) is 0.111. The van der Waals surface area contributed by atoms with Gasteiger partial charge in [0.15, 0.2) is 5.82 Å². The van der Waals surface area contributed by atoms with Gasteiger partial charge in [-0.05, 0) is 31.2 Å². The first-order valence-electron chi connectivity index (χ1n) is 8.04. The maximum Gasteiger partial charge on any atom is 0.325 e. The molecule has 2 aromatic carbocycles. The minimum atomic E-state index is -0.629. The third kappa shape index (κ3) is 4.91. The molecule has 0 radical (unpaired) electrons. The molecule has 0 bridgehead atoms. The lowest BCUT2D eigenvalue weighted by molar-refractivity contribution is -0.119. The van der Waals surface area contributed by atoms with Crippen molar-refractivity contribution in [2.75, 3.05) is 5.32 Å². The molecule has 0 spiro atoms. The summed E-state index contributed by atoms with van der Waals surface area (Å²) in [6.07, 6.45) is 0. The molecule has 1 atom stereocenters. The molecule has 138 valence electrons. The van der Waals surface area contributed by atoms with Crippen LogP contribution in [0.4, 0.5) is 14.9 Å². The molecular formula is C18H16FN5O2S. The lowest BCUT2D eigenvalue weighted by atomic mass is 10.2. The molecule has 0 saturated carbocycles. The number of halogens is 1. The number of anilines is 1. The summed E-state index contributed by atoms with van der Waals surface area (Å²) >= 11 is 1.05. The predicted molar refractivity (Wildman–Crippen MR) is 101 cm³/mol. The zero-order chi connectivity index (χ0) is 19.2. The van der Waals surface area contributed by atoms with Crippen LogP contribution in [0, 0.1) is 5.82 Å². The van der Waals surface area contributed by atoms with Crippen LogP contribution in [0.15, 0.2) is 59.8 Å². The molecule has 3 aromatic rings. The fourth-order valence-corrected chi connectivity index (χ4v) is 2.91. The molecule has 0 aliphatic carbocycles. The maximum atomic E-state index is 13.8. The number of amides is 3. The Morgan fingerprint density at radius 2 is 1.81 bits per heavy atom. The molecule has 9 heteroatoms. The summed E-state index contributed by atoms with van der Waals surface area (Å²) in [7, 11) is 0. The molecule has 0 aliphatic heterocycles. The number of rotatable bonds is 5. The number of carbonyl (C=O) groups is 2. The third-order valence-corrected chi connectivity index (χ3v) is 4.47. The van der Waals surface area contributed by atoms with E-state index < -0.39 is 23.0 Å². The number of hydrogen-bond donors (Lipinski definition) is 3. The molecule has 3 rings (SSSR count). The van der Waals surface area contributed by atoms with Gasteiger partial charge < -0.3 is 5.32 Å². The van der Waals surface area contributed by atoms with E-state index in [0.717, 1.165) is 11.8 Å². The summed E-state index contributed by atoms with van der Waals surface area (Å²) in [6.45, 7) is 1.62. The third-order valence-electron chi connectivity index (χ3n) is 3.51. The second-order valence-electron chi connectivity index (χ2n) is 5.52. The highest BCUT2D eigenvalue weighted by molar-refractivity contribution is 8.00. The van der Waals surface area contributed by atoms with Crippen LogP contribution < -0.4 is 10.6 Å². The second kappa shape index (κ2) is 8.45. The summed E-state index contributed by atoms with van der Waals surface area (Å²) in [5.74, 6) is -0.649. The van der Waals surface area contributed by atoms with Crippen LogP contribution in [0.5, 0.6) is 0 Å². The number of aromatic nitrogens is 3. The van der Waals surface area contributed by atoms with Gasteiger partial charge in [-0.2, -0.15) is 0 Å². The molecule has 3 amide bonds. The van der Waals surface area contributed by atoms with E-state index in [1.807, 2.05) is 6.07 Å². The van der Waals surface area contributed by atoms with Gasteiger partial charge in [-0.25, -0.2) is 14.2 Å². The standard InChI is InChI=1S/C18H16FN5O2S/c1-11(16(25)22-17(26)20-12-7-3-2-4-8-12)27-18-21-15(23-24-18)13-9-5-6-10-14(13)19/h2-11H,1H3,(H,21,23,24)(H2,20,22,25,26). The summed E-state index contributed by atoms with van der Waals surface area (Å²) in [5, 5.41) is 11.1. The quantitative estimate of drug-likeness (QED) is 0.584. The van der Waals surface area contributed by atoms with Crippen molar-refractivity contribution in [1.82, 2.24) is 20.5 Å². The van der Waals surface area contributed by atoms with Gasteiger partial charge in [0.1, 0.15) is 5.82 Å². The Balaban J connectivity index is 1.57. The Labute approximate surface area is 158 Å². The number of thioether (sulfide) groups is 1. The van der Waals surface area contributed by atoms with Crippen molar-refractivity contribution in [3.8, 4) is 11.4 Å². The maximum absolute atomic E-state index is 13.8. The van der Waals surface area contributed by atoms with Crippen molar-refractivity contribution in [1.29, 1.82) is 0 Å². The molecule has 1 unspecified atom stereocenters. The van der Waals surface area contributed by atoms with Crippen LogP contribution in [0.1, 0.15) is 6.92 Å².